The molecule has 1 aromatic carbocycles. The SMILES string of the molecule is COC(=O)c1cc([C@@H](Nc2ccccn2)c2ccccc2)n2ccccc12. The van der Waals surface area contributed by atoms with Gasteiger partial charge in [0.1, 0.15) is 5.82 Å². The van der Waals surface area contributed by atoms with Gasteiger partial charge in [0.05, 0.1) is 29.9 Å². The van der Waals surface area contributed by atoms with Crippen molar-refractivity contribution < 1.29 is 9.53 Å². The minimum absolute atomic E-state index is 0.186. The molecular formula is C22H19N3O2. The fourth-order valence-corrected chi connectivity index (χ4v) is 3.24. The Hall–Kier alpha value is -3.60. The van der Waals surface area contributed by atoms with Gasteiger partial charge in [0, 0.05) is 12.4 Å². The topological polar surface area (TPSA) is 55.6 Å². The second-order valence-electron chi connectivity index (χ2n) is 6.13. The van der Waals surface area contributed by atoms with Gasteiger partial charge in [-0.15, -0.1) is 0 Å². The van der Waals surface area contributed by atoms with Crippen LogP contribution in [0.25, 0.3) is 5.52 Å². The number of nitrogens with one attached hydrogen (secondary N) is 1. The Labute approximate surface area is 157 Å². The normalized spacial score (nSPS) is 11.9. The second kappa shape index (κ2) is 7.33. The van der Waals surface area contributed by atoms with Crippen LogP contribution in [0.1, 0.15) is 27.7 Å². The summed E-state index contributed by atoms with van der Waals surface area (Å²) >= 11 is 0. The molecule has 1 N–H and O–H groups in total. The number of hydrogen-bond acceptors (Lipinski definition) is 4. The molecule has 5 nitrogen and oxygen atoms in total. The van der Waals surface area contributed by atoms with Gasteiger partial charge in [0.2, 0.25) is 0 Å². The van der Waals surface area contributed by atoms with Crippen LogP contribution in [0.4, 0.5) is 5.82 Å². The van der Waals surface area contributed by atoms with Crippen LogP contribution in [0.2, 0.25) is 0 Å². The Bertz CT molecular complexity index is 1060. The lowest BCUT2D eigenvalue weighted by atomic mass is 10.0. The summed E-state index contributed by atoms with van der Waals surface area (Å²) in [4.78, 5) is 16.7. The maximum atomic E-state index is 12.3. The van der Waals surface area contributed by atoms with Crippen molar-refractivity contribution in [3.05, 3.63) is 102 Å². The number of carbonyl (C=O) groups is 1. The first-order valence-electron chi connectivity index (χ1n) is 8.69. The lowest BCUT2D eigenvalue weighted by Crippen LogP contribution is -2.15. The summed E-state index contributed by atoms with van der Waals surface area (Å²) in [6.07, 6.45) is 3.70. The molecule has 5 heteroatoms. The third-order valence-corrected chi connectivity index (χ3v) is 4.50. The molecule has 0 fully saturated rings. The highest BCUT2D eigenvalue weighted by atomic mass is 16.5. The summed E-state index contributed by atoms with van der Waals surface area (Å²) in [6, 6.07) is 23.3. The third kappa shape index (κ3) is 3.27. The average Bonchev–Trinajstić information content (AvgIpc) is 3.12. The van der Waals surface area contributed by atoms with Crippen LogP contribution < -0.4 is 5.32 Å². The number of ether oxygens (including phenoxy) is 1. The quantitative estimate of drug-likeness (QED) is 0.541. The molecule has 0 amide bonds. The van der Waals surface area contributed by atoms with Crippen molar-refractivity contribution >= 4 is 17.3 Å². The summed E-state index contributed by atoms with van der Waals surface area (Å²) in [5.74, 6) is 0.409. The maximum absolute atomic E-state index is 12.3. The summed E-state index contributed by atoms with van der Waals surface area (Å²) in [6.45, 7) is 0. The zero-order valence-electron chi connectivity index (χ0n) is 14.9. The van der Waals surface area contributed by atoms with Gasteiger partial charge >= 0.3 is 5.97 Å². The Morgan fingerprint density at radius 2 is 1.81 bits per heavy atom. The second-order valence-corrected chi connectivity index (χ2v) is 6.13. The molecule has 0 aliphatic rings. The van der Waals surface area contributed by atoms with Crippen LogP contribution in [0, 0.1) is 0 Å². The zero-order valence-corrected chi connectivity index (χ0v) is 14.9. The molecule has 0 saturated heterocycles. The van der Waals surface area contributed by atoms with E-state index >= 15 is 0 Å². The highest BCUT2D eigenvalue weighted by Gasteiger charge is 2.23. The number of methoxy groups -OCH3 is 1. The number of anilines is 1. The van der Waals surface area contributed by atoms with Crippen molar-refractivity contribution in [2.24, 2.45) is 0 Å². The Kier molecular flexibility index (Phi) is 4.58. The number of aromatic nitrogens is 2. The molecule has 0 spiro atoms. The predicted molar refractivity (Wildman–Crippen MR) is 105 cm³/mol. The number of esters is 1. The number of rotatable bonds is 5. The number of hydrogen-bond donors (Lipinski definition) is 1. The standard InChI is InChI=1S/C22H19N3O2/c1-27-22(26)17-15-19(25-14-8-6-11-18(17)25)21(16-9-3-2-4-10-16)24-20-12-5-7-13-23-20/h2-15,21H,1H3,(H,23,24)/t21-/m0/s1. The van der Waals surface area contributed by atoms with Crippen molar-refractivity contribution in [3.8, 4) is 0 Å². The van der Waals surface area contributed by atoms with E-state index in [0.717, 1.165) is 22.6 Å². The van der Waals surface area contributed by atoms with E-state index in [1.54, 1.807) is 6.20 Å². The molecule has 0 radical (unpaired) electrons. The van der Waals surface area contributed by atoms with Crippen molar-refractivity contribution in [1.82, 2.24) is 9.38 Å². The molecule has 0 bridgehead atoms. The van der Waals surface area contributed by atoms with Gasteiger partial charge < -0.3 is 14.5 Å². The number of nitrogens with zero attached hydrogens (tertiary/aromatic N) is 2. The smallest absolute Gasteiger partial charge is 0.340 e. The molecule has 3 heterocycles. The molecule has 27 heavy (non-hydrogen) atoms. The zero-order chi connectivity index (χ0) is 18.6. The summed E-state index contributed by atoms with van der Waals surface area (Å²) in [5, 5.41) is 3.49. The minimum atomic E-state index is -0.352. The molecule has 134 valence electrons. The molecule has 0 unspecified atom stereocenters. The Balaban J connectivity index is 1.89. The average molecular weight is 357 g/mol. The molecular weight excluding hydrogens is 338 g/mol. The van der Waals surface area contributed by atoms with Crippen LogP contribution in [0.15, 0.2) is 85.2 Å². The maximum Gasteiger partial charge on any atom is 0.340 e. The molecule has 3 aromatic heterocycles. The van der Waals surface area contributed by atoms with Crippen molar-refractivity contribution in [2.75, 3.05) is 12.4 Å². The van der Waals surface area contributed by atoms with Crippen molar-refractivity contribution in [3.63, 3.8) is 0 Å². The Morgan fingerprint density at radius 3 is 2.56 bits per heavy atom. The fraction of sp³-hybridized carbons (Fsp3) is 0.0909. The van der Waals surface area contributed by atoms with Crippen LogP contribution in [-0.2, 0) is 4.74 Å². The summed E-state index contributed by atoms with van der Waals surface area (Å²) < 4.78 is 6.99. The van der Waals surface area contributed by atoms with Crippen LogP contribution in [0.5, 0.6) is 0 Å². The lowest BCUT2D eigenvalue weighted by molar-refractivity contribution is 0.0603. The van der Waals surface area contributed by atoms with Gasteiger partial charge in [-0.1, -0.05) is 42.5 Å². The van der Waals surface area contributed by atoms with E-state index in [0.29, 0.717) is 5.56 Å². The highest BCUT2D eigenvalue weighted by Crippen LogP contribution is 2.30. The Morgan fingerprint density at radius 1 is 1.04 bits per heavy atom. The number of pyridine rings is 2. The van der Waals surface area contributed by atoms with Crippen molar-refractivity contribution in [1.29, 1.82) is 0 Å². The molecule has 4 aromatic rings. The first-order valence-corrected chi connectivity index (χ1v) is 8.69. The summed E-state index contributed by atoms with van der Waals surface area (Å²) in [7, 11) is 1.40. The van der Waals surface area contributed by atoms with Gasteiger partial charge in [-0.05, 0) is 35.9 Å². The first-order chi connectivity index (χ1) is 13.3. The third-order valence-electron chi connectivity index (χ3n) is 4.50. The largest absolute Gasteiger partial charge is 0.465 e. The molecule has 0 saturated carbocycles. The summed E-state index contributed by atoms with van der Waals surface area (Å²) in [5.41, 5.74) is 3.35. The van der Waals surface area contributed by atoms with E-state index in [-0.39, 0.29) is 12.0 Å². The van der Waals surface area contributed by atoms with Crippen LogP contribution in [-0.4, -0.2) is 22.5 Å². The molecule has 0 aliphatic heterocycles. The first kappa shape index (κ1) is 16.8. The van der Waals surface area contributed by atoms with Crippen LogP contribution in [0.3, 0.4) is 0 Å². The van der Waals surface area contributed by atoms with E-state index in [9.17, 15) is 4.79 Å². The number of fused-ring (bicyclic) bond motifs is 1. The fourth-order valence-electron chi connectivity index (χ4n) is 3.24. The van der Waals surface area contributed by atoms with Crippen LogP contribution >= 0.6 is 0 Å². The van der Waals surface area contributed by atoms with E-state index in [1.807, 2.05) is 71.3 Å². The molecule has 4 rings (SSSR count). The van der Waals surface area contributed by atoms with E-state index < -0.39 is 0 Å². The van der Waals surface area contributed by atoms with Gasteiger partial charge in [-0.3, -0.25) is 0 Å². The highest BCUT2D eigenvalue weighted by molar-refractivity contribution is 5.97. The number of benzene rings is 1. The van der Waals surface area contributed by atoms with E-state index in [4.69, 9.17) is 4.74 Å². The van der Waals surface area contributed by atoms with Crippen molar-refractivity contribution in [2.45, 2.75) is 6.04 Å². The molecule has 1 atom stereocenters. The lowest BCUT2D eigenvalue weighted by Gasteiger charge is -2.20. The van der Waals surface area contributed by atoms with Gasteiger partial charge in [-0.2, -0.15) is 0 Å². The van der Waals surface area contributed by atoms with Gasteiger partial charge in [-0.25, -0.2) is 9.78 Å². The van der Waals surface area contributed by atoms with Gasteiger partial charge in [0.25, 0.3) is 0 Å². The predicted octanol–water partition coefficient (Wildman–Crippen LogP) is 4.32. The van der Waals surface area contributed by atoms with E-state index in [2.05, 4.69) is 22.4 Å². The monoisotopic (exact) mass is 357 g/mol. The van der Waals surface area contributed by atoms with E-state index in [1.165, 1.54) is 7.11 Å². The van der Waals surface area contributed by atoms with Gasteiger partial charge in [0.15, 0.2) is 0 Å². The molecule has 0 aliphatic carbocycles. The number of carbonyl (C=O) groups excluding carboxylic acids is 1. The minimum Gasteiger partial charge on any atom is -0.465 e.